The number of rotatable bonds is 7. The number of unbranched alkanes of at least 4 members (excludes halogenated alkanes) is 1. The Labute approximate surface area is 112 Å². The molecule has 4 heteroatoms. The van der Waals surface area contributed by atoms with E-state index in [1.807, 2.05) is 12.1 Å². The molecule has 0 spiro atoms. The summed E-state index contributed by atoms with van der Waals surface area (Å²) in [6, 6.07) is 9.62. The predicted molar refractivity (Wildman–Crippen MR) is 73.4 cm³/mol. The van der Waals surface area contributed by atoms with E-state index in [4.69, 9.17) is 10.00 Å². The van der Waals surface area contributed by atoms with Crippen LogP contribution in [0.5, 0.6) is 0 Å². The van der Waals surface area contributed by atoms with E-state index in [0.29, 0.717) is 18.6 Å². The first-order chi connectivity index (χ1) is 8.77. The van der Waals surface area contributed by atoms with Crippen LogP contribution < -0.4 is 0 Å². The van der Waals surface area contributed by atoms with Crippen molar-refractivity contribution in [3.8, 4) is 6.07 Å². The molecule has 0 saturated heterocycles. The summed E-state index contributed by atoms with van der Waals surface area (Å²) in [6.45, 7) is 2.19. The van der Waals surface area contributed by atoms with Crippen LogP contribution >= 0.6 is 11.8 Å². The smallest absolute Gasteiger partial charge is 0.338 e. The second kappa shape index (κ2) is 8.60. The largest absolute Gasteiger partial charge is 0.462 e. The fraction of sp³-hybridized carbons (Fsp3) is 0.429. The molecule has 96 valence electrons. The molecule has 1 rings (SSSR count). The highest BCUT2D eigenvalue weighted by Gasteiger charge is 2.05. The third-order valence-corrected chi connectivity index (χ3v) is 3.43. The van der Waals surface area contributed by atoms with Crippen LogP contribution in [0.3, 0.4) is 0 Å². The minimum absolute atomic E-state index is 0.272. The number of hydrogen-bond acceptors (Lipinski definition) is 4. The summed E-state index contributed by atoms with van der Waals surface area (Å²) in [4.78, 5) is 11.4. The Hall–Kier alpha value is -1.47. The molecular weight excluding hydrogens is 246 g/mol. The zero-order chi connectivity index (χ0) is 13.2. The van der Waals surface area contributed by atoms with Crippen LogP contribution in [-0.4, -0.2) is 18.3 Å². The van der Waals surface area contributed by atoms with Crippen LogP contribution in [0.4, 0.5) is 0 Å². The van der Waals surface area contributed by atoms with Gasteiger partial charge in [-0.05, 0) is 36.8 Å². The number of carbonyl (C=O) groups excluding carboxylic acids is 1. The van der Waals surface area contributed by atoms with Crippen LogP contribution in [-0.2, 0) is 10.5 Å². The molecule has 1 aromatic rings. The molecule has 0 aromatic heterocycles. The maximum absolute atomic E-state index is 11.4. The number of hydrogen-bond donors (Lipinski definition) is 0. The number of ether oxygens (including phenoxy) is 1. The third-order valence-electron chi connectivity index (χ3n) is 2.31. The van der Waals surface area contributed by atoms with Crippen LogP contribution in [0.15, 0.2) is 24.3 Å². The van der Waals surface area contributed by atoms with Crippen molar-refractivity contribution in [2.24, 2.45) is 0 Å². The first-order valence-corrected chi connectivity index (χ1v) is 7.14. The number of carbonyl (C=O) groups is 1. The van der Waals surface area contributed by atoms with Gasteiger partial charge in [0.25, 0.3) is 0 Å². The monoisotopic (exact) mass is 263 g/mol. The van der Waals surface area contributed by atoms with Crippen LogP contribution in [0.1, 0.15) is 35.7 Å². The van der Waals surface area contributed by atoms with Gasteiger partial charge in [0.05, 0.1) is 18.2 Å². The van der Waals surface area contributed by atoms with Gasteiger partial charge in [-0.1, -0.05) is 12.1 Å². The highest BCUT2D eigenvalue weighted by Crippen LogP contribution is 2.15. The van der Waals surface area contributed by atoms with Gasteiger partial charge in [0, 0.05) is 12.2 Å². The van der Waals surface area contributed by atoms with Crippen molar-refractivity contribution < 1.29 is 9.53 Å². The van der Waals surface area contributed by atoms with E-state index < -0.39 is 0 Å². The second-order valence-electron chi connectivity index (χ2n) is 3.73. The van der Waals surface area contributed by atoms with Crippen molar-refractivity contribution in [1.29, 1.82) is 5.26 Å². The first kappa shape index (κ1) is 14.6. The van der Waals surface area contributed by atoms with Crippen molar-refractivity contribution in [2.45, 2.75) is 25.5 Å². The van der Waals surface area contributed by atoms with Crippen LogP contribution in [0.2, 0.25) is 0 Å². The second-order valence-corrected chi connectivity index (χ2v) is 4.84. The van der Waals surface area contributed by atoms with Crippen molar-refractivity contribution >= 4 is 17.7 Å². The fourth-order valence-corrected chi connectivity index (χ4v) is 2.32. The molecule has 18 heavy (non-hydrogen) atoms. The normalized spacial score (nSPS) is 9.78. The summed E-state index contributed by atoms with van der Waals surface area (Å²) in [5, 5.41) is 8.41. The molecule has 3 nitrogen and oxygen atoms in total. The van der Waals surface area contributed by atoms with Gasteiger partial charge in [-0.15, -0.1) is 0 Å². The highest BCUT2D eigenvalue weighted by molar-refractivity contribution is 7.98. The van der Waals surface area contributed by atoms with Crippen molar-refractivity contribution in [2.75, 3.05) is 12.4 Å². The molecule has 0 atom stereocenters. The number of nitrogens with zero attached hydrogens (tertiary/aromatic N) is 1. The lowest BCUT2D eigenvalue weighted by molar-refractivity contribution is 0.0526. The Morgan fingerprint density at radius 3 is 2.72 bits per heavy atom. The summed E-state index contributed by atoms with van der Waals surface area (Å²) in [5.41, 5.74) is 1.78. The summed E-state index contributed by atoms with van der Waals surface area (Å²) in [6.07, 6.45) is 1.55. The molecule has 0 heterocycles. The maximum atomic E-state index is 11.4. The maximum Gasteiger partial charge on any atom is 0.338 e. The molecule has 0 aliphatic rings. The Morgan fingerprint density at radius 2 is 2.11 bits per heavy atom. The summed E-state index contributed by atoms with van der Waals surface area (Å²) < 4.78 is 4.92. The first-order valence-electron chi connectivity index (χ1n) is 5.98. The molecule has 0 aliphatic carbocycles. The van der Waals surface area contributed by atoms with Gasteiger partial charge < -0.3 is 4.74 Å². The Balaban J connectivity index is 2.36. The molecular formula is C14H17NO2S. The fourth-order valence-electron chi connectivity index (χ4n) is 1.39. The number of esters is 1. The zero-order valence-corrected chi connectivity index (χ0v) is 11.3. The zero-order valence-electron chi connectivity index (χ0n) is 10.5. The average molecular weight is 263 g/mol. The summed E-state index contributed by atoms with van der Waals surface area (Å²) in [5.74, 6) is 1.63. The molecule has 0 fully saturated rings. The van der Waals surface area contributed by atoms with E-state index in [1.54, 1.807) is 30.8 Å². The number of thioether (sulfide) groups is 1. The minimum atomic E-state index is -0.272. The molecule has 0 saturated carbocycles. The quantitative estimate of drug-likeness (QED) is 0.559. The molecule has 1 aromatic carbocycles. The molecule has 0 bridgehead atoms. The average Bonchev–Trinajstić information content (AvgIpc) is 2.39. The van der Waals surface area contributed by atoms with Crippen molar-refractivity contribution in [3.05, 3.63) is 35.4 Å². The van der Waals surface area contributed by atoms with Gasteiger partial charge in [0.1, 0.15) is 0 Å². The van der Waals surface area contributed by atoms with Gasteiger partial charge in [0.15, 0.2) is 0 Å². The summed E-state index contributed by atoms with van der Waals surface area (Å²) >= 11 is 1.80. The lowest BCUT2D eigenvalue weighted by Gasteiger charge is -2.04. The number of nitriles is 1. The molecule has 0 N–H and O–H groups in total. The van der Waals surface area contributed by atoms with Crippen molar-refractivity contribution in [1.82, 2.24) is 0 Å². The Kier molecular flexibility index (Phi) is 6.97. The SMILES string of the molecule is CCOC(=O)c1ccc(CSCCCC#N)cc1. The van der Waals surface area contributed by atoms with Crippen LogP contribution in [0, 0.1) is 11.3 Å². The van der Waals surface area contributed by atoms with Gasteiger partial charge in [-0.25, -0.2) is 4.79 Å². The van der Waals surface area contributed by atoms with E-state index in [-0.39, 0.29) is 5.97 Å². The van der Waals surface area contributed by atoms with Gasteiger partial charge in [-0.3, -0.25) is 0 Å². The van der Waals surface area contributed by atoms with Gasteiger partial charge in [0.2, 0.25) is 0 Å². The predicted octanol–water partition coefficient (Wildman–Crippen LogP) is 3.40. The molecule has 0 amide bonds. The van der Waals surface area contributed by atoms with E-state index in [2.05, 4.69) is 6.07 Å². The highest BCUT2D eigenvalue weighted by atomic mass is 32.2. The lowest BCUT2D eigenvalue weighted by atomic mass is 10.1. The topological polar surface area (TPSA) is 50.1 Å². The van der Waals surface area contributed by atoms with Crippen LogP contribution in [0.25, 0.3) is 0 Å². The Bertz CT molecular complexity index is 409. The third kappa shape index (κ3) is 5.24. The molecule has 0 aliphatic heterocycles. The number of benzene rings is 1. The Morgan fingerprint density at radius 1 is 1.39 bits per heavy atom. The van der Waals surface area contributed by atoms with Gasteiger partial charge >= 0.3 is 5.97 Å². The molecule has 0 radical (unpaired) electrons. The van der Waals surface area contributed by atoms with Crippen molar-refractivity contribution in [3.63, 3.8) is 0 Å². The standard InChI is InChI=1S/C14H17NO2S/c1-2-17-14(16)13-7-5-12(6-8-13)11-18-10-4-3-9-15/h5-8H,2-4,10-11H2,1H3. The minimum Gasteiger partial charge on any atom is -0.462 e. The molecule has 0 unspecified atom stereocenters. The van der Waals surface area contributed by atoms with E-state index in [0.717, 1.165) is 17.9 Å². The summed E-state index contributed by atoms with van der Waals surface area (Å²) in [7, 11) is 0. The van der Waals surface area contributed by atoms with Gasteiger partial charge in [-0.2, -0.15) is 17.0 Å². The van der Waals surface area contributed by atoms with E-state index in [1.165, 1.54) is 5.56 Å². The van der Waals surface area contributed by atoms with E-state index in [9.17, 15) is 4.79 Å². The van der Waals surface area contributed by atoms with E-state index >= 15 is 0 Å². The lowest BCUT2D eigenvalue weighted by Crippen LogP contribution is -2.04.